The van der Waals surface area contributed by atoms with Gasteiger partial charge in [0.05, 0.1) is 20.3 Å². The highest BCUT2D eigenvalue weighted by Crippen LogP contribution is 2.31. The molecule has 0 aromatic heterocycles. The molecule has 1 unspecified atom stereocenters. The number of methoxy groups -OCH3 is 2. The second-order valence-electron chi connectivity index (χ2n) is 4.81. The molecule has 0 radical (unpaired) electrons. The molecule has 0 fully saturated rings. The van der Waals surface area contributed by atoms with Gasteiger partial charge in [0, 0.05) is 0 Å². The number of ether oxygens (including phenoxy) is 2. The molecule has 1 N–H and O–H groups in total. The summed E-state index contributed by atoms with van der Waals surface area (Å²) in [4.78, 5) is 0. The van der Waals surface area contributed by atoms with E-state index in [1.54, 1.807) is 20.3 Å². The molecular weight excluding hydrogens is 204 g/mol. The van der Waals surface area contributed by atoms with E-state index in [-0.39, 0.29) is 5.41 Å². The SMILES string of the molecule is COC1=CC(C(C)(C)C)=CC(O)C=C1OC. The summed E-state index contributed by atoms with van der Waals surface area (Å²) < 4.78 is 10.4. The Bertz CT molecular complexity index is 343. The van der Waals surface area contributed by atoms with Gasteiger partial charge in [-0.1, -0.05) is 20.8 Å². The van der Waals surface area contributed by atoms with Crippen molar-refractivity contribution in [2.24, 2.45) is 5.41 Å². The summed E-state index contributed by atoms with van der Waals surface area (Å²) in [5, 5.41) is 9.82. The predicted octanol–water partition coefficient (Wildman–Crippen LogP) is 2.39. The number of allylic oxidation sites excluding steroid dienone is 2. The van der Waals surface area contributed by atoms with E-state index in [1.807, 2.05) is 12.2 Å². The monoisotopic (exact) mass is 224 g/mol. The Hall–Kier alpha value is -1.22. The third-order valence-electron chi connectivity index (χ3n) is 2.51. The smallest absolute Gasteiger partial charge is 0.160 e. The van der Waals surface area contributed by atoms with Crippen molar-refractivity contribution in [1.29, 1.82) is 0 Å². The average molecular weight is 224 g/mol. The number of aliphatic hydroxyl groups excluding tert-OH is 1. The first-order chi connectivity index (χ1) is 7.38. The van der Waals surface area contributed by atoms with E-state index in [2.05, 4.69) is 20.8 Å². The molecule has 0 bridgehead atoms. The van der Waals surface area contributed by atoms with Crippen LogP contribution < -0.4 is 0 Å². The number of hydrogen-bond acceptors (Lipinski definition) is 3. The lowest BCUT2D eigenvalue weighted by atomic mass is 9.85. The molecule has 1 rings (SSSR count). The fourth-order valence-corrected chi connectivity index (χ4v) is 1.52. The van der Waals surface area contributed by atoms with Crippen LogP contribution in [0, 0.1) is 5.41 Å². The Balaban J connectivity index is 3.17. The minimum absolute atomic E-state index is 0.0399. The van der Waals surface area contributed by atoms with Gasteiger partial charge in [-0.05, 0) is 29.2 Å². The van der Waals surface area contributed by atoms with Gasteiger partial charge in [-0.2, -0.15) is 0 Å². The Morgan fingerprint density at radius 3 is 2.06 bits per heavy atom. The molecule has 1 atom stereocenters. The van der Waals surface area contributed by atoms with Gasteiger partial charge in [0.2, 0.25) is 0 Å². The van der Waals surface area contributed by atoms with Crippen molar-refractivity contribution in [3.63, 3.8) is 0 Å². The van der Waals surface area contributed by atoms with Crippen LogP contribution in [0.5, 0.6) is 0 Å². The Morgan fingerprint density at radius 1 is 1.06 bits per heavy atom. The van der Waals surface area contributed by atoms with E-state index >= 15 is 0 Å². The van der Waals surface area contributed by atoms with Crippen LogP contribution in [0.2, 0.25) is 0 Å². The van der Waals surface area contributed by atoms with Gasteiger partial charge >= 0.3 is 0 Å². The first-order valence-electron chi connectivity index (χ1n) is 5.30. The molecule has 3 nitrogen and oxygen atoms in total. The highest BCUT2D eigenvalue weighted by Gasteiger charge is 2.21. The van der Waals surface area contributed by atoms with Crippen molar-refractivity contribution in [2.75, 3.05) is 14.2 Å². The van der Waals surface area contributed by atoms with Gasteiger partial charge in [-0.15, -0.1) is 0 Å². The minimum atomic E-state index is -0.645. The molecule has 0 saturated heterocycles. The lowest BCUT2D eigenvalue weighted by Gasteiger charge is -2.21. The molecule has 0 amide bonds. The van der Waals surface area contributed by atoms with Crippen molar-refractivity contribution < 1.29 is 14.6 Å². The van der Waals surface area contributed by atoms with E-state index in [0.29, 0.717) is 11.5 Å². The largest absolute Gasteiger partial charge is 0.493 e. The molecule has 90 valence electrons. The van der Waals surface area contributed by atoms with Crippen molar-refractivity contribution >= 4 is 0 Å². The third kappa shape index (κ3) is 2.89. The maximum Gasteiger partial charge on any atom is 0.160 e. The maximum absolute atomic E-state index is 9.82. The molecule has 0 aromatic rings. The first kappa shape index (κ1) is 12.8. The van der Waals surface area contributed by atoms with E-state index in [0.717, 1.165) is 5.57 Å². The van der Waals surface area contributed by atoms with Crippen molar-refractivity contribution in [3.05, 3.63) is 35.3 Å². The standard InChI is InChI=1S/C13H20O3/c1-13(2,3)9-6-10(14)8-12(16-5)11(7-9)15-4/h6-8,10,14H,1-5H3. The van der Waals surface area contributed by atoms with E-state index in [9.17, 15) is 5.11 Å². The van der Waals surface area contributed by atoms with Crippen LogP contribution >= 0.6 is 0 Å². The summed E-state index contributed by atoms with van der Waals surface area (Å²) in [6.07, 6.45) is 4.71. The number of rotatable bonds is 2. The quantitative estimate of drug-likeness (QED) is 0.782. The van der Waals surface area contributed by atoms with Gasteiger partial charge in [-0.25, -0.2) is 0 Å². The molecule has 0 aliphatic heterocycles. The zero-order chi connectivity index (χ0) is 12.3. The zero-order valence-electron chi connectivity index (χ0n) is 10.6. The Morgan fingerprint density at radius 2 is 1.62 bits per heavy atom. The van der Waals surface area contributed by atoms with Crippen molar-refractivity contribution in [3.8, 4) is 0 Å². The van der Waals surface area contributed by atoms with Crippen LogP contribution in [0.15, 0.2) is 35.3 Å². The molecule has 0 heterocycles. The van der Waals surface area contributed by atoms with E-state index in [4.69, 9.17) is 9.47 Å². The fraction of sp³-hybridized carbons (Fsp3) is 0.538. The van der Waals surface area contributed by atoms with Gasteiger partial charge in [0.1, 0.15) is 0 Å². The lowest BCUT2D eigenvalue weighted by molar-refractivity contribution is 0.209. The number of aliphatic hydroxyl groups is 1. The van der Waals surface area contributed by atoms with E-state index in [1.165, 1.54) is 0 Å². The van der Waals surface area contributed by atoms with E-state index < -0.39 is 6.10 Å². The summed E-state index contributed by atoms with van der Waals surface area (Å²) in [5.41, 5.74) is 0.988. The van der Waals surface area contributed by atoms with Crippen molar-refractivity contribution in [1.82, 2.24) is 0 Å². The second kappa shape index (κ2) is 4.74. The topological polar surface area (TPSA) is 38.7 Å². The molecule has 1 aliphatic carbocycles. The predicted molar refractivity (Wildman–Crippen MR) is 63.7 cm³/mol. The summed E-state index contributed by atoms with van der Waals surface area (Å²) in [5.74, 6) is 1.20. The molecule has 16 heavy (non-hydrogen) atoms. The normalized spacial score (nSPS) is 21.6. The second-order valence-corrected chi connectivity index (χ2v) is 4.81. The number of hydrogen-bond donors (Lipinski definition) is 1. The van der Waals surface area contributed by atoms with Crippen LogP contribution in [0.1, 0.15) is 20.8 Å². The highest BCUT2D eigenvalue weighted by atomic mass is 16.5. The Kier molecular flexibility index (Phi) is 3.81. The van der Waals surface area contributed by atoms with Gasteiger partial charge < -0.3 is 14.6 Å². The van der Waals surface area contributed by atoms with Gasteiger partial charge in [-0.3, -0.25) is 0 Å². The summed E-state index contributed by atoms with van der Waals surface area (Å²) in [7, 11) is 3.16. The van der Waals surface area contributed by atoms with Crippen LogP contribution in [0.4, 0.5) is 0 Å². The first-order valence-corrected chi connectivity index (χ1v) is 5.30. The molecule has 1 aliphatic rings. The van der Waals surface area contributed by atoms with Gasteiger partial charge in [0.25, 0.3) is 0 Å². The van der Waals surface area contributed by atoms with Crippen LogP contribution in [0.25, 0.3) is 0 Å². The van der Waals surface area contributed by atoms with Crippen LogP contribution in [-0.4, -0.2) is 25.4 Å². The van der Waals surface area contributed by atoms with Crippen LogP contribution in [-0.2, 0) is 9.47 Å². The molecule has 0 spiro atoms. The average Bonchev–Trinajstić information content (AvgIpc) is 2.35. The fourth-order valence-electron chi connectivity index (χ4n) is 1.52. The summed E-state index contributed by atoms with van der Waals surface area (Å²) in [6, 6.07) is 0. The molecule has 0 saturated carbocycles. The van der Waals surface area contributed by atoms with Crippen LogP contribution in [0.3, 0.4) is 0 Å². The zero-order valence-corrected chi connectivity index (χ0v) is 10.6. The molecule has 3 heteroatoms. The Labute approximate surface area is 97.1 Å². The summed E-state index contributed by atoms with van der Waals surface area (Å²) in [6.45, 7) is 6.27. The maximum atomic E-state index is 9.82. The van der Waals surface area contributed by atoms with Gasteiger partial charge in [0.15, 0.2) is 11.5 Å². The third-order valence-corrected chi connectivity index (χ3v) is 2.51. The van der Waals surface area contributed by atoms with Crippen molar-refractivity contribution in [2.45, 2.75) is 26.9 Å². The summed E-state index contributed by atoms with van der Waals surface area (Å²) >= 11 is 0. The molecule has 0 aromatic carbocycles. The lowest BCUT2D eigenvalue weighted by Crippen LogP contribution is -2.10. The minimum Gasteiger partial charge on any atom is -0.493 e. The highest BCUT2D eigenvalue weighted by molar-refractivity contribution is 5.38. The molecular formula is C13H20O3.